The van der Waals surface area contributed by atoms with E-state index in [1.807, 2.05) is 39.0 Å². The molecule has 0 spiro atoms. The molecule has 1 aliphatic carbocycles. The summed E-state index contributed by atoms with van der Waals surface area (Å²) in [7, 11) is -3.59. The third kappa shape index (κ3) is 6.09. The molecule has 1 aromatic rings. The van der Waals surface area contributed by atoms with Crippen LogP contribution < -0.4 is 9.62 Å². The number of amides is 1. The Morgan fingerprint density at radius 1 is 1.19 bits per heavy atom. The number of nitrogens with zero attached hydrogens (tertiary/aromatic N) is 1. The lowest BCUT2D eigenvalue weighted by atomic mass is 9.97. The van der Waals surface area contributed by atoms with Gasteiger partial charge in [0.2, 0.25) is 15.9 Å². The molecule has 1 aliphatic rings. The Labute approximate surface area is 163 Å². The third-order valence-electron chi connectivity index (χ3n) is 4.92. The largest absolute Gasteiger partial charge is 0.354 e. The van der Waals surface area contributed by atoms with Gasteiger partial charge >= 0.3 is 0 Å². The predicted molar refractivity (Wildman–Crippen MR) is 111 cm³/mol. The number of carbonyl (C=O) groups is 1. The van der Waals surface area contributed by atoms with Gasteiger partial charge in [0.15, 0.2) is 0 Å². The summed E-state index contributed by atoms with van der Waals surface area (Å²) in [5.74, 6) is -0.238. The molecule has 5 nitrogen and oxygen atoms in total. The highest BCUT2D eigenvalue weighted by Gasteiger charge is 2.31. The molecule has 6 heteroatoms. The second kappa shape index (κ2) is 9.40. The SMILES string of the molecule is CC[C@H](C(=O)NCCC1=CCCCC1)N(c1cc(C)cc(C)c1)S(C)(=O)=O. The van der Waals surface area contributed by atoms with Gasteiger partial charge in [0.1, 0.15) is 6.04 Å². The molecule has 0 radical (unpaired) electrons. The van der Waals surface area contributed by atoms with E-state index in [1.54, 1.807) is 0 Å². The normalized spacial score (nSPS) is 15.8. The van der Waals surface area contributed by atoms with E-state index < -0.39 is 16.1 Å². The van der Waals surface area contributed by atoms with Crippen LogP contribution in [0.5, 0.6) is 0 Å². The summed E-state index contributed by atoms with van der Waals surface area (Å²) in [6, 6.07) is 4.87. The highest BCUT2D eigenvalue weighted by Crippen LogP contribution is 2.25. The van der Waals surface area contributed by atoms with E-state index in [1.165, 1.54) is 22.7 Å². The number of benzene rings is 1. The van der Waals surface area contributed by atoms with E-state index in [2.05, 4.69) is 11.4 Å². The van der Waals surface area contributed by atoms with Crippen molar-refractivity contribution in [2.45, 2.75) is 65.3 Å². The smallest absolute Gasteiger partial charge is 0.243 e. The summed E-state index contributed by atoms with van der Waals surface area (Å²) in [5, 5.41) is 2.95. The first-order valence-corrected chi connectivity index (χ1v) is 11.6. The van der Waals surface area contributed by atoms with Crippen molar-refractivity contribution in [1.29, 1.82) is 0 Å². The van der Waals surface area contributed by atoms with Crippen molar-refractivity contribution in [1.82, 2.24) is 5.32 Å². The van der Waals surface area contributed by atoms with Crippen LogP contribution in [0.15, 0.2) is 29.8 Å². The van der Waals surface area contributed by atoms with Crippen LogP contribution in [-0.4, -0.2) is 33.2 Å². The molecule has 27 heavy (non-hydrogen) atoms. The Morgan fingerprint density at radius 2 is 1.85 bits per heavy atom. The summed E-state index contributed by atoms with van der Waals surface area (Å²) in [6.45, 7) is 6.24. The van der Waals surface area contributed by atoms with Crippen molar-refractivity contribution in [2.75, 3.05) is 17.1 Å². The van der Waals surface area contributed by atoms with Crippen LogP contribution in [0.2, 0.25) is 0 Å². The van der Waals surface area contributed by atoms with Gasteiger partial charge in [-0.25, -0.2) is 8.42 Å². The van der Waals surface area contributed by atoms with Gasteiger partial charge in [0.25, 0.3) is 0 Å². The molecule has 0 unspecified atom stereocenters. The number of carbonyl (C=O) groups excluding carboxylic acids is 1. The maximum Gasteiger partial charge on any atom is 0.243 e. The molecule has 0 fully saturated rings. The van der Waals surface area contributed by atoms with Crippen molar-refractivity contribution in [3.63, 3.8) is 0 Å². The van der Waals surface area contributed by atoms with Crippen molar-refractivity contribution in [2.24, 2.45) is 0 Å². The molecular formula is C21H32N2O3S. The van der Waals surface area contributed by atoms with Crippen LogP contribution in [0, 0.1) is 13.8 Å². The molecule has 0 aliphatic heterocycles. The fraction of sp³-hybridized carbons (Fsp3) is 0.571. The summed E-state index contributed by atoms with van der Waals surface area (Å²) in [6.07, 6.45) is 9.36. The number of allylic oxidation sites excluding steroid dienone is 1. The van der Waals surface area contributed by atoms with Gasteiger partial charge in [-0.3, -0.25) is 9.10 Å². The first kappa shape index (κ1) is 21.5. The molecule has 2 rings (SSSR count). The lowest BCUT2D eigenvalue weighted by molar-refractivity contribution is -0.122. The molecule has 150 valence electrons. The van der Waals surface area contributed by atoms with Crippen LogP contribution in [0.3, 0.4) is 0 Å². The third-order valence-corrected chi connectivity index (χ3v) is 6.10. The van der Waals surface area contributed by atoms with E-state index in [9.17, 15) is 13.2 Å². The number of nitrogens with one attached hydrogen (secondary N) is 1. The topological polar surface area (TPSA) is 66.5 Å². The number of hydrogen-bond acceptors (Lipinski definition) is 3. The Kier molecular flexibility index (Phi) is 7.48. The molecule has 1 amide bonds. The fourth-order valence-electron chi connectivity index (χ4n) is 3.73. The molecule has 0 saturated heterocycles. The molecule has 0 heterocycles. The van der Waals surface area contributed by atoms with E-state index in [-0.39, 0.29) is 5.91 Å². The fourth-order valence-corrected chi connectivity index (χ4v) is 4.93. The summed E-state index contributed by atoms with van der Waals surface area (Å²) in [4.78, 5) is 12.8. The zero-order valence-electron chi connectivity index (χ0n) is 16.9. The van der Waals surface area contributed by atoms with Crippen LogP contribution in [-0.2, 0) is 14.8 Å². The minimum atomic E-state index is -3.59. The lowest BCUT2D eigenvalue weighted by Crippen LogP contribution is -2.49. The second-order valence-electron chi connectivity index (χ2n) is 7.48. The highest BCUT2D eigenvalue weighted by atomic mass is 32.2. The van der Waals surface area contributed by atoms with E-state index in [0.29, 0.717) is 18.7 Å². The van der Waals surface area contributed by atoms with E-state index in [4.69, 9.17) is 0 Å². The zero-order valence-corrected chi connectivity index (χ0v) is 17.7. The van der Waals surface area contributed by atoms with Gasteiger partial charge in [-0.2, -0.15) is 0 Å². The van der Waals surface area contributed by atoms with E-state index >= 15 is 0 Å². The summed E-state index contributed by atoms with van der Waals surface area (Å²) in [5.41, 5.74) is 3.88. The van der Waals surface area contributed by atoms with Gasteiger partial charge in [0.05, 0.1) is 11.9 Å². The Balaban J connectivity index is 2.16. The maximum atomic E-state index is 12.8. The van der Waals surface area contributed by atoms with Gasteiger partial charge in [-0.1, -0.05) is 24.6 Å². The number of hydrogen-bond donors (Lipinski definition) is 1. The minimum Gasteiger partial charge on any atom is -0.354 e. The summed E-state index contributed by atoms with van der Waals surface area (Å²) >= 11 is 0. The average Bonchev–Trinajstić information content (AvgIpc) is 2.58. The van der Waals surface area contributed by atoms with Crippen LogP contribution in [0.25, 0.3) is 0 Å². The van der Waals surface area contributed by atoms with Gasteiger partial charge in [-0.15, -0.1) is 0 Å². The second-order valence-corrected chi connectivity index (χ2v) is 9.34. The Hall–Kier alpha value is -1.82. The Bertz CT molecular complexity index is 779. The number of anilines is 1. The van der Waals surface area contributed by atoms with Crippen LogP contribution >= 0.6 is 0 Å². The first-order chi connectivity index (χ1) is 12.7. The minimum absolute atomic E-state index is 0.238. The van der Waals surface area contributed by atoms with Crippen molar-refractivity contribution in [3.05, 3.63) is 41.0 Å². The monoisotopic (exact) mass is 392 g/mol. The molecule has 1 N–H and O–H groups in total. The zero-order chi connectivity index (χ0) is 20.0. The maximum absolute atomic E-state index is 12.8. The van der Waals surface area contributed by atoms with Crippen LogP contribution in [0.4, 0.5) is 5.69 Å². The van der Waals surface area contributed by atoms with Crippen molar-refractivity contribution < 1.29 is 13.2 Å². The van der Waals surface area contributed by atoms with Gasteiger partial charge in [-0.05, 0) is 75.6 Å². The quantitative estimate of drug-likeness (QED) is 0.683. The summed E-state index contributed by atoms with van der Waals surface area (Å²) < 4.78 is 26.3. The predicted octanol–water partition coefficient (Wildman–Crippen LogP) is 3.85. The van der Waals surface area contributed by atoms with E-state index in [0.717, 1.165) is 36.6 Å². The number of rotatable bonds is 8. The molecular weight excluding hydrogens is 360 g/mol. The molecule has 0 saturated carbocycles. The van der Waals surface area contributed by atoms with Gasteiger partial charge in [0, 0.05) is 6.54 Å². The standard InChI is InChI=1S/C21H32N2O3S/c1-5-20(21(24)22-12-11-18-9-7-6-8-10-18)23(27(4,25)26)19-14-16(2)13-17(3)15-19/h9,13-15,20H,5-8,10-12H2,1-4H3,(H,22,24)/t20-/m1/s1. The number of sulfonamides is 1. The number of aryl methyl sites for hydroxylation is 2. The lowest BCUT2D eigenvalue weighted by Gasteiger charge is -2.30. The molecule has 0 aromatic heterocycles. The Morgan fingerprint density at radius 3 is 2.37 bits per heavy atom. The molecule has 1 aromatic carbocycles. The van der Waals surface area contributed by atoms with Crippen LogP contribution in [0.1, 0.15) is 56.6 Å². The molecule has 1 atom stereocenters. The van der Waals surface area contributed by atoms with Gasteiger partial charge < -0.3 is 5.32 Å². The van der Waals surface area contributed by atoms with Crippen molar-refractivity contribution in [3.8, 4) is 0 Å². The molecule has 0 bridgehead atoms. The average molecular weight is 393 g/mol. The van der Waals surface area contributed by atoms with Crippen molar-refractivity contribution >= 4 is 21.6 Å². The first-order valence-electron chi connectivity index (χ1n) is 9.75. The highest BCUT2D eigenvalue weighted by molar-refractivity contribution is 7.92.